The van der Waals surface area contributed by atoms with Gasteiger partial charge in [0.1, 0.15) is 0 Å². The van der Waals surface area contributed by atoms with E-state index in [1.807, 2.05) is 0 Å². The van der Waals surface area contributed by atoms with E-state index in [0.717, 1.165) is 0 Å². The molecule has 0 fully saturated rings. The summed E-state index contributed by atoms with van der Waals surface area (Å²) in [6, 6.07) is 8.48. The molecule has 47 valence electrons. The van der Waals surface area contributed by atoms with Crippen LogP contribution in [0.5, 0.6) is 0 Å². The third kappa shape index (κ3) is 2.74. The van der Waals surface area contributed by atoms with Crippen LogP contribution >= 0.6 is 0 Å². The first kappa shape index (κ1) is 8.80. The van der Waals surface area contributed by atoms with Crippen molar-refractivity contribution < 1.29 is 18.6 Å². The zero-order valence-corrected chi connectivity index (χ0v) is 7.15. The molecule has 0 nitrogen and oxygen atoms in total. The SMILES string of the molecule is Cc1ccc(C)cc1.[V]. The summed E-state index contributed by atoms with van der Waals surface area (Å²) in [5, 5.41) is 0. The van der Waals surface area contributed by atoms with Gasteiger partial charge in [0.25, 0.3) is 0 Å². The summed E-state index contributed by atoms with van der Waals surface area (Å²) < 4.78 is 0. The Morgan fingerprint density at radius 1 is 0.778 bits per heavy atom. The van der Waals surface area contributed by atoms with Crippen LogP contribution in [0, 0.1) is 13.8 Å². The molecule has 0 N–H and O–H groups in total. The van der Waals surface area contributed by atoms with Gasteiger partial charge < -0.3 is 0 Å². The fraction of sp³-hybridized carbons (Fsp3) is 0.250. The Bertz CT molecular complexity index is 143. The van der Waals surface area contributed by atoms with Gasteiger partial charge in [-0.2, -0.15) is 0 Å². The first-order valence-corrected chi connectivity index (χ1v) is 2.82. The van der Waals surface area contributed by atoms with Crippen molar-refractivity contribution >= 4 is 0 Å². The molecule has 0 saturated heterocycles. The molecule has 1 aromatic carbocycles. The van der Waals surface area contributed by atoms with Crippen molar-refractivity contribution in [3.63, 3.8) is 0 Å². The van der Waals surface area contributed by atoms with Crippen molar-refractivity contribution in [3.8, 4) is 0 Å². The van der Waals surface area contributed by atoms with Crippen LogP contribution in [0.3, 0.4) is 0 Å². The van der Waals surface area contributed by atoms with E-state index in [1.54, 1.807) is 0 Å². The van der Waals surface area contributed by atoms with E-state index < -0.39 is 0 Å². The maximum absolute atomic E-state index is 2.12. The van der Waals surface area contributed by atoms with Gasteiger partial charge in [-0.05, 0) is 13.8 Å². The number of hydrogen-bond donors (Lipinski definition) is 0. The van der Waals surface area contributed by atoms with Crippen molar-refractivity contribution in [1.29, 1.82) is 0 Å². The van der Waals surface area contributed by atoms with Crippen molar-refractivity contribution in [1.82, 2.24) is 0 Å². The Morgan fingerprint density at radius 2 is 1.00 bits per heavy atom. The average molecular weight is 157 g/mol. The van der Waals surface area contributed by atoms with Crippen LogP contribution in [0.1, 0.15) is 11.1 Å². The second kappa shape index (κ2) is 3.76. The number of benzene rings is 1. The quantitative estimate of drug-likeness (QED) is 0.542. The largest absolute Gasteiger partial charge is 0.0591 e. The second-order valence-corrected chi connectivity index (χ2v) is 2.15. The van der Waals surface area contributed by atoms with Crippen molar-refractivity contribution in [2.45, 2.75) is 13.8 Å². The van der Waals surface area contributed by atoms with Gasteiger partial charge in [-0.15, -0.1) is 0 Å². The molecular formula is C8H10V. The van der Waals surface area contributed by atoms with Gasteiger partial charge in [0.2, 0.25) is 0 Å². The van der Waals surface area contributed by atoms with Crippen molar-refractivity contribution in [3.05, 3.63) is 35.4 Å². The predicted octanol–water partition coefficient (Wildman–Crippen LogP) is 2.30. The normalized spacial score (nSPS) is 8.22. The molecule has 1 rings (SSSR count). The molecule has 1 aromatic rings. The number of aryl methyl sites for hydroxylation is 2. The third-order valence-electron chi connectivity index (χ3n) is 1.22. The summed E-state index contributed by atoms with van der Waals surface area (Å²) >= 11 is 0. The molecule has 0 amide bonds. The Labute approximate surface area is 68.2 Å². The van der Waals surface area contributed by atoms with Crippen LogP contribution in [0.15, 0.2) is 24.3 Å². The Balaban J connectivity index is 0.000000640. The minimum atomic E-state index is 0. The molecule has 0 atom stereocenters. The van der Waals surface area contributed by atoms with Crippen LogP contribution < -0.4 is 0 Å². The fourth-order valence-electron chi connectivity index (χ4n) is 0.637. The average Bonchev–Trinajstić information content (AvgIpc) is 1.77. The smallest absolute Gasteiger partial charge is 0 e. The third-order valence-corrected chi connectivity index (χ3v) is 1.22. The summed E-state index contributed by atoms with van der Waals surface area (Å²) in [4.78, 5) is 0. The molecule has 0 aromatic heterocycles. The molecule has 0 spiro atoms. The second-order valence-electron chi connectivity index (χ2n) is 2.15. The van der Waals surface area contributed by atoms with Crippen LogP contribution in [0.2, 0.25) is 0 Å². The standard InChI is InChI=1S/C8H10.V/c1-7-3-5-8(2)6-4-7;/h3-6H,1-2H3;. The van der Waals surface area contributed by atoms with Gasteiger partial charge in [-0.3, -0.25) is 0 Å². The van der Waals surface area contributed by atoms with Crippen LogP contribution in [-0.2, 0) is 18.6 Å². The monoisotopic (exact) mass is 157 g/mol. The molecule has 0 saturated carbocycles. The van der Waals surface area contributed by atoms with E-state index in [4.69, 9.17) is 0 Å². The van der Waals surface area contributed by atoms with E-state index in [0.29, 0.717) is 0 Å². The van der Waals surface area contributed by atoms with E-state index >= 15 is 0 Å². The van der Waals surface area contributed by atoms with E-state index in [1.165, 1.54) is 11.1 Å². The summed E-state index contributed by atoms with van der Waals surface area (Å²) in [7, 11) is 0. The molecule has 0 heterocycles. The number of rotatable bonds is 0. The summed E-state index contributed by atoms with van der Waals surface area (Å²) in [6.45, 7) is 4.19. The Morgan fingerprint density at radius 3 is 1.22 bits per heavy atom. The minimum absolute atomic E-state index is 0. The van der Waals surface area contributed by atoms with Gasteiger partial charge in [0.05, 0.1) is 0 Å². The summed E-state index contributed by atoms with van der Waals surface area (Å²) in [5.74, 6) is 0. The molecule has 0 aliphatic heterocycles. The topological polar surface area (TPSA) is 0 Å². The molecule has 0 aliphatic carbocycles. The van der Waals surface area contributed by atoms with Crippen LogP contribution in [0.25, 0.3) is 0 Å². The first-order valence-electron chi connectivity index (χ1n) is 2.82. The minimum Gasteiger partial charge on any atom is -0.0591 e. The van der Waals surface area contributed by atoms with Gasteiger partial charge in [-0.25, -0.2) is 0 Å². The maximum Gasteiger partial charge on any atom is 0 e. The van der Waals surface area contributed by atoms with Gasteiger partial charge in [0, 0.05) is 18.6 Å². The first-order chi connectivity index (χ1) is 3.79. The molecule has 0 bridgehead atoms. The summed E-state index contributed by atoms with van der Waals surface area (Å²) in [6.07, 6.45) is 0. The van der Waals surface area contributed by atoms with Crippen molar-refractivity contribution in [2.24, 2.45) is 0 Å². The molecular weight excluding hydrogens is 147 g/mol. The Hall–Kier alpha value is -0.196. The molecule has 9 heavy (non-hydrogen) atoms. The summed E-state index contributed by atoms with van der Waals surface area (Å²) in [5.41, 5.74) is 2.66. The van der Waals surface area contributed by atoms with E-state index in [9.17, 15) is 0 Å². The molecule has 0 aliphatic rings. The van der Waals surface area contributed by atoms with Gasteiger partial charge in [0.15, 0.2) is 0 Å². The zero-order chi connectivity index (χ0) is 5.98. The van der Waals surface area contributed by atoms with Crippen molar-refractivity contribution in [2.75, 3.05) is 0 Å². The molecule has 1 heteroatoms. The zero-order valence-electron chi connectivity index (χ0n) is 5.76. The molecule has 1 radical (unpaired) electrons. The van der Waals surface area contributed by atoms with E-state index in [-0.39, 0.29) is 18.6 Å². The van der Waals surface area contributed by atoms with Gasteiger partial charge >= 0.3 is 0 Å². The van der Waals surface area contributed by atoms with Crippen LogP contribution in [0.4, 0.5) is 0 Å². The maximum atomic E-state index is 2.12. The fourth-order valence-corrected chi connectivity index (χ4v) is 0.637. The number of hydrogen-bond acceptors (Lipinski definition) is 0. The predicted molar refractivity (Wildman–Crippen MR) is 35.9 cm³/mol. The van der Waals surface area contributed by atoms with Gasteiger partial charge in [-0.1, -0.05) is 35.4 Å². The van der Waals surface area contributed by atoms with Crippen LogP contribution in [-0.4, -0.2) is 0 Å². The molecule has 0 unspecified atom stereocenters. The Kier molecular flexibility index (Phi) is 3.68. The van der Waals surface area contributed by atoms with E-state index in [2.05, 4.69) is 38.1 Å².